The zero-order valence-corrected chi connectivity index (χ0v) is 16.9. The Balaban J connectivity index is 1.39. The molecule has 0 atom stereocenters. The Morgan fingerprint density at radius 2 is 1.68 bits per heavy atom. The van der Waals surface area contributed by atoms with E-state index in [9.17, 15) is 0 Å². The van der Waals surface area contributed by atoms with Gasteiger partial charge in [-0.15, -0.1) is 10.2 Å². The van der Waals surface area contributed by atoms with Crippen LogP contribution in [0, 0.1) is 0 Å². The van der Waals surface area contributed by atoms with Crippen molar-refractivity contribution in [2.24, 2.45) is 0 Å². The van der Waals surface area contributed by atoms with Gasteiger partial charge < -0.3 is 4.74 Å². The Hall–Kier alpha value is -4.07. The zero-order chi connectivity index (χ0) is 20.8. The van der Waals surface area contributed by atoms with Crippen molar-refractivity contribution in [3.05, 3.63) is 78.5 Å². The van der Waals surface area contributed by atoms with E-state index in [1.165, 1.54) is 5.56 Å². The minimum absolute atomic E-state index is 0.176. The van der Waals surface area contributed by atoms with Crippen molar-refractivity contribution in [2.75, 3.05) is 7.11 Å². The number of methoxy groups -OCH3 is 1. The van der Waals surface area contributed by atoms with Gasteiger partial charge in [0.15, 0.2) is 5.82 Å². The summed E-state index contributed by atoms with van der Waals surface area (Å²) in [5.41, 5.74) is 4.91. The number of ether oxygens (including phenoxy) is 1. The van der Waals surface area contributed by atoms with E-state index in [-0.39, 0.29) is 5.41 Å². The Bertz CT molecular complexity index is 1350. The number of nitrogens with one attached hydrogen (secondary N) is 1. The van der Waals surface area contributed by atoms with Crippen LogP contribution in [0.5, 0.6) is 5.75 Å². The number of hydrogen-bond acceptors (Lipinski definition) is 6. The first-order chi connectivity index (χ1) is 15.3. The first-order valence-electron chi connectivity index (χ1n) is 10.1. The highest BCUT2D eigenvalue weighted by atomic mass is 16.5. The standard InChI is InChI=1S/C23H19N7O/c1-31-19-8-6-18(7-9-19)23(10-11-23)21-27-28-22-24-14-20(29-30(21)22)16-4-2-15(3-5-16)17-12-25-26-13-17/h2-9,12-14H,10-11H2,1H3,(H,25,26). The molecular weight excluding hydrogens is 390 g/mol. The largest absolute Gasteiger partial charge is 0.497 e. The number of rotatable bonds is 5. The number of hydrogen-bond donors (Lipinski definition) is 1. The third kappa shape index (κ3) is 2.87. The molecule has 0 spiro atoms. The van der Waals surface area contributed by atoms with Crippen LogP contribution in [0.3, 0.4) is 0 Å². The summed E-state index contributed by atoms with van der Waals surface area (Å²) in [6.07, 6.45) is 7.43. The van der Waals surface area contributed by atoms with E-state index in [1.807, 2.05) is 30.5 Å². The van der Waals surface area contributed by atoms with Crippen molar-refractivity contribution in [1.29, 1.82) is 0 Å². The fourth-order valence-electron chi connectivity index (χ4n) is 4.05. The third-order valence-electron chi connectivity index (χ3n) is 5.97. The van der Waals surface area contributed by atoms with Crippen LogP contribution in [0.15, 0.2) is 67.1 Å². The van der Waals surface area contributed by atoms with E-state index < -0.39 is 0 Å². The Labute approximate surface area is 178 Å². The van der Waals surface area contributed by atoms with Crippen LogP contribution in [0.1, 0.15) is 24.2 Å². The molecule has 1 saturated carbocycles. The van der Waals surface area contributed by atoms with Crippen LogP contribution < -0.4 is 4.74 Å². The van der Waals surface area contributed by atoms with Crippen LogP contribution in [-0.4, -0.2) is 42.1 Å². The van der Waals surface area contributed by atoms with Gasteiger partial charge in [-0.05, 0) is 36.1 Å². The molecule has 5 aromatic rings. The number of aromatic amines is 1. The van der Waals surface area contributed by atoms with Crippen LogP contribution in [0.2, 0.25) is 0 Å². The lowest BCUT2D eigenvalue weighted by molar-refractivity contribution is 0.414. The predicted octanol–water partition coefficient (Wildman–Crippen LogP) is 3.66. The number of fused-ring (bicyclic) bond motifs is 1. The average Bonchev–Trinajstić information content (AvgIpc) is 3.24. The van der Waals surface area contributed by atoms with Crippen LogP contribution in [0.25, 0.3) is 28.2 Å². The molecule has 152 valence electrons. The van der Waals surface area contributed by atoms with Gasteiger partial charge >= 0.3 is 0 Å². The summed E-state index contributed by atoms with van der Waals surface area (Å²) in [7, 11) is 1.67. The lowest BCUT2D eigenvalue weighted by atomic mass is 9.95. The molecule has 3 heterocycles. The lowest BCUT2D eigenvalue weighted by Gasteiger charge is -2.14. The van der Waals surface area contributed by atoms with E-state index in [1.54, 1.807) is 24.0 Å². The van der Waals surface area contributed by atoms with Gasteiger partial charge in [-0.25, -0.2) is 4.98 Å². The summed E-state index contributed by atoms with van der Waals surface area (Å²) in [5.74, 6) is 2.18. The fraction of sp³-hybridized carbons (Fsp3) is 0.174. The topological polar surface area (TPSA) is 93.9 Å². The number of nitrogens with zero attached hydrogens (tertiary/aromatic N) is 6. The monoisotopic (exact) mass is 409 g/mol. The third-order valence-corrected chi connectivity index (χ3v) is 5.97. The van der Waals surface area contributed by atoms with Gasteiger partial charge in [-0.1, -0.05) is 36.4 Å². The van der Waals surface area contributed by atoms with Gasteiger partial charge in [-0.2, -0.15) is 14.7 Å². The van der Waals surface area contributed by atoms with Crippen molar-refractivity contribution >= 4 is 5.78 Å². The smallest absolute Gasteiger partial charge is 0.271 e. The predicted molar refractivity (Wildman–Crippen MR) is 115 cm³/mol. The molecule has 0 amide bonds. The van der Waals surface area contributed by atoms with Gasteiger partial charge in [0.1, 0.15) is 11.4 Å². The highest BCUT2D eigenvalue weighted by Crippen LogP contribution is 2.52. The summed E-state index contributed by atoms with van der Waals surface area (Å²) >= 11 is 0. The number of H-pyrrole nitrogens is 1. The number of benzene rings is 2. The Morgan fingerprint density at radius 3 is 2.35 bits per heavy atom. The Morgan fingerprint density at radius 1 is 0.903 bits per heavy atom. The van der Waals surface area contributed by atoms with Gasteiger partial charge in [-0.3, -0.25) is 5.10 Å². The molecule has 0 radical (unpaired) electrons. The van der Waals surface area contributed by atoms with Crippen molar-refractivity contribution in [2.45, 2.75) is 18.3 Å². The first-order valence-corrected chi connectivity index (χ1v) is 10.1. The molecule has 0 unspecified atom stereocenters. The molecule has 31 heavy (non-hydrogen) atoms. The molecule has 0 aliphatic heterocycles. The van der Waals surface area contributed by atoms with E-state index in [4.69, 9.17) is 9.84 Å². The van der Waals surface area contributed by atoms with E-state index >= 15 is 0 Å². The van der Waals surface area contributed by atoms with Crippen molar-refractivity contribution in [3.8, 4) is 28.1 Å². The molecule has 8 heteroatoms. The molecule has 3 aromatic heterocycles. The maximum atomic E-state index is 5.30. The molecule has 6 rings (SSSR count). The van der Waals surface area contributed by atoms with Crippen LogP contribution >= 0.6 is 0 Å². The zero-order valence-electron chi connectivity index (χ0n) is 16.9. The van der Waals surface area contributed by atoms with Gasteiger partial charge in [0.05, 0.1) is 24.9 Å². The first kappa shape index (κ1) is 17.8. The minimum Gasteiger partial charge on any atom is -0.497 e. The quantitative estimate of drug-likeness (QED) is 0.476. The van der Waals surface area contributed by atoms with Gasteiger partial charge in [0, 0.05) is 17.3 Å². The summed E-state index contributed by atoms with van der Waals surface area (Å²) < 4.78 is 7.09. The molecular formula is C23H19N7O. The highest BCUT2D eigenvalue weighted by Gasteiger charge is 2.50. The highest BCUT2D eigenvalue weighted by molar-refractivity contribution is 5.67. The molecule has 0 saturated heterocycles. The minimum atomic E-state index is -0.176. The Kier molecular flexibility index (Phi) is 3.86. The van der Waals surface area contributed by atoms with Crippen molar-refractivity contribution in [1.82, 2.24) is 35.0 Å². The van der Waals surface area contributed by atoms with E-state index in [0.717, 1.165) is 46.8 Å². The van der Waals surface area contributed by atoms with Crippen molar-refractivity contribution in [3.63, 3.8) is 0 Å². The van der Waals surface area contributed by atoms with E-state index in [2.05, 4.69) is 49.6 Å². The molecule has 0 bridgehead atoms. The molecule has 1 aliphatic carbocycles. The fourth-order valence-corrected chi connectivity index (χ4v) is 4.05. The molecule has 1 N–H and O–H groups in total. The average molecular weight is 409 g/mol. The molecule has 1 aliphatic rings. The lowest BCUT2D eigenvalue weighted by Crippen LogP contribution is -2.15. The summed E-state index contributed by atoms with van der Waals surface area (Å²) in [4.78, 5) is 4.50. The molecule has 2 aromatic carbocycles. The SMILES string of the molecule is COc1ccc(C2(c3nnc4ncc(-c5ccc(-c6cn[nH]c6)cc5)nn34)CC2)cc1. The second-order valence-electron chi connectivity index (χ2n) is 7.75. The van der Waals surface area contributed by atoms with E-state index in [0.29, 0.717) is 5.78 Å². The van der Waals surface area contributed by atoms with Crippen LogP contribution in [-0.2, 0) is 5.41 Å². The summed E-state index contributed by atoms with van der Waals surface area (Å²) in [6, 6.07) is 16.3. The molecule has 1 fully saturated rings. The number of aromatic nitrogens is 7. The van der Waals surface area contributed by atoms with Crippen LogP contribution in [0.4, 0.5) is 0 Å². The second-order valence-corrected chi connectivity index (χ2v) is 7.75. The van der Waals surface area contributed by atoms with Gasteiger partial charge in [0.25, 0.3) is 5.78 Å². The normalized spacial score (nSPS) is 14.6. The summed E-state index contributed by atoms with van der Waals surface area (Å²) in [6.45, 7) is 0. The van der Waals surface area contributed by atoms with Gasteiger partial charge in [0.2, 0.25) is 0 Å². The maximum absolute atomic E-state index is 5.30. The summed E-state index contributed by atoms with van der Waals surface area (Å²) in [5, 5.41) is 20.4. The van der Waals surface area contributed by atoms with Crippen molar-refractivity contribution < 1.29 is 4.74 Å². The maximum Gasteiger partial charge on any atom is 0.271 e. The molecule has 8 nitrogen and oxygen atoms in total. The second kappa shape index (κ2) is 6.73.